The topological polar surface area (TPSA) is 72.5 Å². The van der Waals surface area contributed by atoms with Crippen molar-refractivity contribution in [3.8, 4) is 23.0 Å². The van der Waals surface area contributed by atoms with Crippen molar-refractivity contribution < 1.29 is 33.2 Å². The molecular formula is C27H34O7. The number of hydrogen-bond donors (Lipinski definition) is 0. The summed E-state index contributed by atoms with van der Waals surface area (Å²) < 4.78 is 33.3. The lowest BCUT2D eigenvalue weighted by Crippen LogP contribution is -2.08. The van der Waals surface area contributed by atoms with Crippen LogP contribution in [-0.2, 0) is 9.47 Å². The van der Waals surface area contributed by atoms with Crippen LogP contribution in [0.5, 0.6) is 23.0 Å². The molecule has 0 spiro atoms. The van der Waals surface area contributed by atoms with Gasteiger partial charge in [0.25, 0.3) is 0 Å². The molecule has 0 radical (unpaired) electrons. The molecule has 0 heterocycles. The van der Waals surface area contributed by atoms with Gasteiger partial charge >= 0.3 is 0 Å². The molecule has 0 aliphatic rings. The number of ether oxygens (including phenoxy) is 6. The van der Waals surface area contributed by atoms with E-state index in [2.05, 4.69) is 0 Å². The highest BCUT2D eigenvalue weighted by molar-refractivity contribution is 6.07. The Hall–Kier alpha value is -3.29. The summed E-state index contributed by atoms with van der Waals surface area (Å²) in [4.78, 5) is 12.7. The van der Waals surface area contributed by atoms with Gasteiger partial charge in [0.1, 0.15) is 12.4 Å². The minimum atomic E-state index is -0.147. The van der Waals surface area contributed by atoms with Crippen molar-refractivity contribution in [3.63, 3.8) is 0 Å². The second-order valence-electron chi connectivity index (χ2n) is 7.17. The first kappa shape index (κ1) is 27.0. The van der Waals surface area contributed by atoms with E-state index in [1.54, 1.807) is 42.5 Å². The third-order valence-corrected chi connectivity index (χ3v) is 4.82. The maximum atomic E-state index is 12.7. The number of methoxy groups -OCH3 is 1. The molecule has 0 saturated heterocycles. The number of carbonyl (C=O) groups is 1. The highest BCUT2D eigenvalue weighted by Crippen LogP contribution is 2.41. The zero-order valence-corrected chi connectivity index (χ0v) is 20.6. The van der Waals surface area contributed by atoms with Gasteiger partial charge in [-0.15, -0.1) is 0 Å². The molecule has 0 saturated carbocycles. The fourth-order valence-electron chi connectivity index (χ4n) is 2.78. The standard InChI is InChI=1S/C27H34O7/c1-6-20(4)17-32-23-13-9-21(10-14-23)24(28)15-11-22-12-16-25(33-18-30-7-2)27(26(22)29-5)34-19-31-8-3/h6,9-16H,7-8,17-19H2,1-5H3/b15-11+,20-6+. The fraction of sp³-hybridized carbons (Fsp3) is 0.370. The Balaban J connectivity index is 2.19. The summed E-state index contributed by atoms with van der Waals surface area (Å²) in [5.74, 6) is 1.83. The van der Waals surface area contributed by atoms with Crippen LogP contribution in [0.2, 0.25) is 0 Å². The highest BCUT2D eigenvalue weighted by atomic mass is 16.7. The molecule has 7 nitrogen and oxygen atoms in total. The molecule has 0 N–H and O–H groups in total. The van der Waals surface area contributed by atoms with Crippen LogP contribution >= 0.6 is 0 Å². The van der Waals surface area contributed by atoms with Crippen LogP contribution in [0, 0.1) is 0 Å². The van der Waals surface area contributed by atoms with E-state index in [1.807, 2.05) is 33.8 Å². The Morgan fingerprint density at radius 1 is 0.882 bits per heavy atom. The molecular weight excluding hydrogens is 436 g/mol. The van der Waals surface area contributed by atoms with Gasteiger partial charge in [0.15, 0.2) is 30.9 Å². The predicted molar refractivity (Wildman–Crippen MR) is 132 cm³/mol. The summed E-state index contributed by atoms with van der Waals surface area (Å²) in [5, 5.41) is 0. The monoisotopic (exact) mass is 470 g/mol. The van der Waals surface area contributed by atoms with Crippen LogP contribution in [0.1, 0.15) is 43.6 Å². The van der Waals surface area contributed by atoms with E-state index in [0.717, 1.165) is 5.57 Å². The summed E-state index contributed by atoms with van der Waals surface area (Å²) in [6.07, 6.45) is 5.17. The molecule has 2 aromatic rings. The summed E-state index contributed by atoms with van der Waals surface area (Å²) >= 11 is 0. The van der Waals surface area contributed by atoms with Crippen LogP contribution in [-0.4, -0.2) is 46.3 Å². The van der Waals surface area contributed by atoms with Crippen LogP contribution < -0.4 is 18.9 Å². The molecule has 34 heavy (non-hydrogen) atoms. The van der Waals surface area contributed by atoms with Crippen LogP contribution in [0.3, 0.4) is 0 Å². The van der Waals surface area contributed by atoms with Gasteiger partial charge in [-0.3, -0.25) is 4.79 Å². The quantitative estimate of drug-likeness (QED) is 0.109. The third-order valence-electron chi connectivity index (χ3n) is 4.82. The average molecular weight is 471 g/mol. The van der Waals surface area contributed by atoms with Crippen molar-refractivity contribution in [2.75, 3.05) is 40.5 Å². The van der Waals surface area contributed by atoms with E-state index in [1.165, 1.54) is 13.2 Å². The van der Waals surface area contributed by atoms with Gasteiger partial charge in [0.2, 0.25) is 5.75 Å². The predicted octanol–water partition coefficient (Wildman–Crippen LogP) is 5.68. The van der Waals surface area contributed by atoms with Crippen molar-refractivity contribution in [1.82, 2.24) is 0 Å². The van der Waals surface area contributed by atoms with E-state index in [9.17, 15) is 4.79 Å². The Bertz CT molecular complexity index is 962. The van der Waals surface area contributed by atoms with E-state index in [0.29, 0.717) is 53.9 Å². The number of hydrogen-bond acceptors (Lipinski definition) is 7. The third kappa shape index (κ3) is 8.24. The van der Waals surface area contributed by atoms with E-state index < -0.39 is 0 Å². The minimum Gasteiger partial charge on any atom is -0.492 e. The van der Waals surface area contributed by atoms with Crippen molar-refractivity contribution in [1.29, 1.82) is 0 Å². The van der Waals surface area contributed by atoms with Gasteiger partial charge in [0.05, 0.1) is 7.11 Å². The average Bonchev–Trinajstić information content (AvgIpc) is 2.87. The van der Waals surface area contributed by atoms with Crippen LogP contribution in [0.15, 0.2) is 54.1 Å². The van der Waals surface area contributed by atoms with Crippen molar-refractivity contribution in [2.45, 2.75) is 27.7 Å². The summed E-state index contributed by atoms with van der Waals surface area (Å²) in [7, 11) is 1.53. The van der Waals surface area contributed by atoms with Gasteiger partial charge in [0, 0.05) is 24.3 Å². The Morgan fingerprint density at radius 2 is 1.56 bits per heavy atom. The first-order valence-electron chi connectivity index (χ1n) is 11.2. The molecule has 0 unspecified atom stereocenters. The molecule has 0 atom stereocenters. The van der Waals surface area contributed by atoms with Crippen LogP contribution in [0.4, 0.5) is 0 Å². The first-order valence-corrected chi connectivity index (χ1v) is 11.2. The molecule has 0 aromatic heterocycles. The molecule has 0 aliphatic carbocycles. The van der Waals surface area contributed by atoms with Gasteiger partial charge in [-0.25, -0.2) is 0 Å². The second-order valence-corrected chi connectivity index (χ2v) is 7.17. The molecule has 0 bridgehead atoms. The number of allylic oxidation sites excluding steroid dienone is 2. The minimum absolute atomic E-state index is 0.0337. The number of benzene rings is 2. The summed E-state index contributed by atoms with van der Waals surface area (Å²) in [5.41, 5.74) is 2.35. The molecule has 2 aromatic carbocycles. The van der Waals surface area contributed by atoms with Crippen molar-refractivity contribution in [2.24, 2.45) is 0 Å². The summed E-state index contributed by atoms with van der Waals surface area (Å²) in [6.45, 7) is 9.38. The molecule has 0 fully saturated rings. The van der Waals surface area contributed by atoms with Crippen molar-refractivity contribution in [3.05, 3.63) is 65.3 Å². The lowest BCUT2D eigenvalue weighted by molar-refractivity contribution is 0.00489. The molecule has 184 valence electrons. The van der Waals surface area contributed by atoms with E-state index in [4.69, 9.17) is 28.4 Å². The van der Waals surface area contributed by atoms with Gasteiger partial charge in [-0.1, -0.05) is 6.08 Å². The van der Waals surface area contributed by atoms with E-state index in [-0.39, 0.29) is 19.4 Å². The van der Waals surface area contributed by atoms with Crippen LogP contribution in [0.25, 0.3) is 6.08 Å². The maximum Gasteiger partial charge on any atom is 0.206 e. The van der Waals surface area contributed by atoms with Gasteiger partial charge < -0.3 is 28.4 Å². The molecule has 7 heteroatoms. The largest absolute Gasteiger partial charge is 0.492 e. The normalized spacial score (nSPS) is 11.5. The second kappa shape index (κ2) is 14.8. The summed E-state index contributed by atoms with van der Waals surface area (Å²) in [6, 6.07) is 10.6. The Kier molecular flexibility index (Phi) is 11.7. The van der Waals surface area contributed by atoms with Gasteiger partial charge in [-0.2, -0.15) is 0 Å². The Morgan fingerprint density at radius 3 is 2.18 bits per heavy atom. The number of ketones is 1. The van der Waals surface area contributed by atoms with E-state index >= 15 is 0 Å². The highest BCUT2D eigenvalue weighted by Gasteiger charge is 2.17. The number of carbonyl (C=O) groups excluding carboxylic acids is 1. The lowest BCUT2D eigenvalue weighted by Gasteiger charge is -2.17. The molecule has 0 amide bonds. The zero-order valence-electron chi connectivity index (χ0n) is 20.6. The smallest absolute Gasteiger partial charge is 0.206 e. The molecule has 0 aliphatic heterocycles. The maximum absolute atomic E-state index is 12.7. The van der Waals surface area contributed by atoms with Crippen molar-refractivity contribution >= 4 is 11.9 Å². The van der Waals surface area contributed by atoms with Gasteiger partial charge in [-0.05, 0) is 81.8 Å². The Labute approximate surface area is 201 Å². The molecule has 2 rings (SSSR count). The fourth-order valence-corrected chi connectivity index (χ4v) is 2.78. The number of rotatable bonds is 15. The first-order chi connectivity index (χ1) is 16.5. The zero-order chi connectivity index (χ0) is 24.8. The SMILES string of the molecule is C/C=C(\C)COc1ccc(C(=O)/C=C/c2ccc(OCOCC)c(OCOCC)c2OC)cc1. The lowest BCUT2D eigenvalue weighted by atomic mass is 10.1.